The number of phenols is 1. The summed E-state index contributed by atoms with van der Waals surface area (Å²) in [6.45, 7) is 0.675. The third kappa shape index (κ3) is 3.93. The molecule has 0 radical (unpaired) electrons. The third-order valence-electron chi connectivity index (χ3n) is 6.63. The molecular formula is C28H29NO3. The Balaban J connectivity index is 1.37. The first-order valence-electron chi connectivity index (χ1n) is 11.3. The molecule has 2 aliphatic rings. The van der Waals surface area contributed by atoms with E-state index in [2.05, 4.69) is 59.9 Å². The number of allylic oxidation sites excluding steroid dienone is 2. The first-order valence-corrected chi connectivity index (χ1v) is 11.3. The smallest absolute Gasteiger partial charge is 0.160 e. The van der Waals surface area contributed by atoms with E-state index in [1.807, 2.05) is 18.2 Å². The van der Waals surface area contributed by atoms with Crippen LogP contribution < -0.4 is 14.8 Å². The first kappa shape index (κ1) is 20.5. The molecule has 0 aromatic heterocycles. The van der Waals surface area contributed by atoms with Gasteiger partial charge in [-0.25, -0.2) is 0 Å². The molecule has 0 bridgehead atoms. The second-order valence-electron chi connectivity index (χ2n) is 8.56. The van der Waals surface area contributed by atoms with E-state index >= 15 is 0 Å². The minimum atomic E-state index is 0.117. The molecule has 4 heteroatoms. The SMILES string of the molecule is COc1cc(C2Nc3c(OCCCc4ccccc4)cccc3C3C=CCC32)ccc1O. The highest BCUT2D eigenvalue weighted by molar-refractivity contribution is 5.68. The molecule has 164 valence electrons. The summed E-state index contributed by atoms with van der Waals surface area (Å²) in [4.78, 5) is 0. The molecule has 1 heterocycles. The van der Waals surface area contributed by atoms with E-state index in [9.17, 15) is 5.11 Å². The molecule has 0 spiro atoms. The number of benzene rings is 3. The molecule has 1 aliphatic carbocycles. The minimum Gasteiger partial charge on any atom is -0.504 e. The van der Waals surface area contributed by atoms with Crippen molar-refractivity contribution in [1.29, 1.82) is 0 Å². The number of aromatic hydroxyl groups is 1. The molecule has 5 rings (SSSR count). The van der Waals surface area contributed by atoms with Crippen molar-refractivity contribution in [3.63, 3.8) is 0 Å². The molecule has 3 aromatic carbocycles. The molecule has 0 saturated carbocycles. The van der Waals surface area contributed by atoms with E-state index < -0.39 is 0 Å². The normalized spacial score (nSPS) is 20.8. The van der Waals surface area contributed by atoms with Crippen LogP contribution in [0.15, 0.2) is 78.9 Å². The van der Waals surface area contributed by atoms with Gasteiger partial charge in [0, 0.05) is 5.92 Å². The fourth-order valence-corrected chi connectivity index (χ4v) is 5.03. The van der Waals surface area contributed by atoms with Gasteiger partial charge in [-0.15, -0.1) is 0 Å². The molecule has 0 amide bonds. The topological polar surface area (TPSA) is 50.7 Å². The van der Waals surface area contributed by atoms with Gasteiger partial charge >= 0.3 is 0 Å². The molecule has 3 aromatic rings. The molecule has 2 N–H and O–H groups in total. The number of aryl methyl sites for hydroxylation is 1. The van der Waals surface area contributed by atoms with Crippen LogP contribution in [0.3, 0.4) is 0 Å². The Morgan fingerprint density at radius 3 is 2.72 bits per heavy atom. The zero-order chi connectivity index (χ0) is 21.9. The van der Waals surface area contributed by atoms with Crippen LogP contribution in [0.25, 0.3) is 0 Å². The highest BCUT2D eigenvalue weighted by atomic mass is 16.5. The van der Waals surface area contributed by atoms with Crippen molar-refractivity contribution in [3.8, 4) is 17.2 Å². The van der Waals surface area contributed by atoms with E-state index in [4.69, 9.17) is 9.47 Å². The van der Waals surface area contributed by atoms with Gasteiger partial charge in [-0.05, 0) is 60.1 Å². The number of fused-ring (bicyclic) bond motifs is 3. The summed E-state index contributed by atoms with van der Waals surface area (Å²) >= 11 is 0. The molecule has 3 atom stereocenters. The minimum absolute atomic E-state index is 0.117. The molecule has 3 unspecified atom stereocenters. The lowest BCUT2D eigenvalue weighted by Crippen LogP contribution is -2.29. The Morgan fingerprint density at radius 2 is 1.88 bits per heavy atom. The van der Waals surface area contributed by atoms with Crippen LogP contribution in [-0.2, 0) is 6.42 Å². The number of nitrogens with one attached hydrogen (secondary N) is 1. The number of para-hydroxylation sites is 1. The van der Waals surface area contributed by atoms with Gasteiger partial charge in [0.05, 0.1) is 25.4 Å². The molecule has 32 heavy (non-hydrogen) atoms. The number of anilines is 1. The second-order valence-corrected chi connectivity index (χ2v) is 8.56. The van der Waals surface area contributed by atoms with E-state index in [-0.39, 0.29) is 11.8 Å². The Hall–Kier alpha value is -3.40. The van der Waals surface area contributed by atoms with Crippen molar-refractivity contribution in [2.45, 2.75) is 31.2 Å². The summed E-state index contributed by atoms with van der Waals surface area (Å²) in [5.74, 6) is 2.35. The van der Waals surface area contributed by atoms with Crippen molar-refractivity contribution in [2.24, 2.45) is 5.92 Å². The second kappa shape index (κ2) is 8.99. The van der Waals surface area contributed by atoms with Crippen molar-refractivity contribution < 1.29 is 14.6 Å². The summed E-state index contributed by atoms with van der Waals surface area (Å²) in [7, 11) is 1.59. The van der Waals surface area contributed by atoms with E-state index in [0.29, 0.717) is 24.2 Å². The van der Waals surface area contributed by atoms with Crippen LogP contribution >= 0.6 is 0 Å². The largest absolute Gasteiger partial charge is 0.504 e. The van der Waals surface area contributed by atoms with E-state index in [1.165, 1.54) is 11.1 Å². The Labute approximate surface area is 189 Å². The summed E-state index contributed by atoms with van der Waals surface area (Å²) in [5, 5.41) is 13.8. The van der Waals surface area contributed by atoms with Gasteiger partial charge in [-0.3, -0.25) is 0 Å². The van der Waals surface area contributed by atoms with Crippen LogP contribution in [0.4, 0.5) is 5.69 Å². The Morgan fingerprint density at radius 1 is 1.00 bits per heavy atom. The summed E-state index contributed by atoms with van der Waals surface area (Å²) in [5.41, 5.74) is 4.83. The van der Waals surface area contributed by atoms with E-state index in [1.54, 1.807) is 13.2 Å². The number of methoxy groups -OCH3 is 1. The maximum Gasteiger partial charge on any atom is 0.160 e. The van der Waals surface area contributed by atoms with Crippen molar-refractivity contribution in [3.05, 3.63) is 95.6 Å². The molecular weight excluding hydrogens is 398 g/mol. The lowest BCUT2D eigenvalue weighted by molar-refractivity contribution is 0.309. The molecule has 1 aliphatic heterocycles. The maximum atomic E-state index is 10.0. The van der Waals surface area contributed by atoms with Gasteiger partial charge in [0.1, 0.15) is 5.75 Å². The van der Waals surface area contributed by atoms with Gasteiger partial charge in [0.15, 0.2) is 11.5 Å². The van der Waals surface area contributed by atoms with Crippen LogP contribution in [0.5, 0.6) is 17.2 Å². The first-order chi connectivity index (χ1) is 15.7. The van der Waals surface area contributed by atoms with Gasteiger partial charge in [0.2, 0.25) is 0 Å². The molecule has 0 fully saturated rings. The van der Waals surface area contributed by atoms with Gasteiger partial charge in [-0.2, -0.15) is 0 Å². The maximum absolute atomic E-state index is 10.0. The quantitative estimate of drug-likeness (QED) is 0.346. The van der Waals surface area contributed by atoms with Crippen LogP contribution in [0, 0.1) is 5.92 Å². The molecule has 4 nitrogen and oxygen atoms in total. The van der Waals surface area contributed by atoms with Crippen LogP contribution in [0.1, 0.15) is 41.5 Å². The highest BCUT2D eigenvalue weighted by Gasteiger charge is 2.39. The predicted molar refractivity (Wildman–Crippen MR) is 128 cm³/mol. The number of ether oxygens (including phenoxy) is 2. The zero-order valence-corrected chi connectivity index (χ0v) is 18.3. The monoisotopic (exact) mass is 427 g/mol. The van der Waals surface area contributed by atoms with Gasteiger partial charge in [0.25, 0.3) is 0 Å². The highest BCUT2D eigenvalue weighted by Crippen LogP contribution is 2.52. The number of rotatable bonds is 7. The van der Waals surface area contributed by atoms with E-state index in [0.717, 1.165) is 36.3 Å². The zero-order valence-electron chi connectivity index (χ0n) is 18.3. The predicted octanol–water partition coefficient (Wildman–Crippen LogP) is 6.24. The van der Waals surface area contributed by atoms with Crippen molar-refractivity contribution in [2.75, 3.05) is 19.0 Å². The van der Waals surface area contributed by atoms with Gasteiger partial charge in [-0.1, -0.05) is 60.7 Å². The summed E-state index contributed by atoms with van der Waals surface area (Å²) < 4.78 is 11.6. The average Bonchev–Trinajstić information content (AvgIpc) is 3.33. The fraction of sp³-hybridized carbons (Fsp3) is 0.286. The lowest BCUT2D eigenvalue weighted by atomic mass is 9.77. The molecule has 0 saturated heterocycles. The van der Waals surface area contributed by atoms with Gasteiger partial charge < -0.3 is 19.9 Å². The summed E-state index contributed by atoms with van der Waals surface area (Å²) in [6, 6.07) is 22.7. The number of hydrogen-bond acceptors (Lipinski definition) is 4. The fourth-order valence-electron chi connectivity index (χ4n) is 5.03. The van der Waals surface area contributed by atoms with Crippen molar-refractivity contribution in [1.82, 2.24) is 0 Å². The Bertz CT molecular complexity index is 1110. The average molecular weight is 428 g/mol. The third-order valence-corrected chi connectivity index (χ3v) is 6.63. The lowest BCUT2D eigenvalue weighted by Gasteiger charge is -2.38. The number of hydrogen-bond donors (Lipinski definition) is 2. The Kier molecular flexibility index (Phi) is 5.76. The number of phenolic OH excluding ortho intramolecular Hbond substituents is 1. The van der Waals surface area contributed by atoms with Crippen LogP contribution in [-0.4, -0.2) is 18.8 Å². The van der Waals surface area contributed by atoms with Crippen LogP contribution in [0.2, 0.25) is 0 Å². The van der Waals surface area contributed by atoms with Crippen molar-refractivity contribution >= 4 is 5.69 Å². The standard InChI is InChI=1S/C28H29NO3/c1-31-26-18-20(15-16-24(26)30)27-22-12-5-11-21(22)23-13-6-14-25(28(23)29-27)32-17-7-10-19-8-3-2-4-9-19/h2-6,8-9,11,13-16,18,21-22,27,29-30H,7,10,12,17H2,1H3. The summed E-state index contributed by atoms with van der Waals surface area (Å²) in [6.07, 6.45) is 7.61.